The molecule has 0 saturated carbocycles. The fourth-order valence-electron chi connectivity index (χ4n) is 2.11. The Morgan fingerprint density at radius 3 is 2.42 bits per heavy atom. The van der Waals surface area contributed by atoms with Crippen molar-refractivity contribution in [3.05, 3.63) is 35.9 Å². The van der Waals surface area contributed by atoms with E-state index in [9.17, 15) is 9.59 Å². The van der Waals surface area contributed by atoms with Crippen molar-refractivity contribution < 1.29 is 14.3 Å². The molecule has 5 heteroatoms. The van der Waals surface area contributed by atoms with Gasteiger partial charge in [0.1, 0.15) is 6.17 Å². The van der Waals surface area contributed by atoms with Crippen LogP contribution < -0.4 is 5.32 Å². The molecule has 1 fully saturated rings. The van der Waals surface area contributed by atoms with Gasteiger partial charge >= 0.3 is 0 Å². The van der Waals surface area contributed by atoms with Crippen LogP contribution in [-0.2, 0) is 9.53 Å². The topological polar surface area (TPSA) is 58.6 Å². The second-order valence-corrected chi connectivity index (χ2v) is 4.48. The first-order valence-corrected chi connectivity index (χ1v) is 6.36. The highest BCUT2D eigenvalue weighted by Gasteiger charge is 2.28. The molecule has 0 aliphatic carbocycles. The van der Waals surface area contributed by atoms with E-state index in [1.807, 2.05) is 23.1 Å². The van der Waals surface area contributed by atoms with Crippen molar-refractivity contribution in [2.45, 2.75) is 13.1 Å². The fraction of sp³-hybridized carbons (Fsp3) is 0.429. The Kier molecular flexibility index (Phi) is 4.65. The van der Waals surface area contributed by atoms with E-state index in [1.165, 1.54) is 6.92 Å². The zero-order valence-corrected chi connectivity index (χ0v) is 11.0. The lowest BCUT2D eigenvalue weighted by Crippen LogP contribution is -2.55. The van der Waals surface area contributed by atoms with E-state index in [2.05, 4.69) is 5.32 Å². The molecule has 1 atom stereocenters. The van der Waals surface area contributed by atoms with Crippen LogP contribution in [0.5, 0.6) is 0 Å². The number of rotatable bonds is 4. The van der Waals surface area contributed by atoms with Crippen LogP contribution in [0, 0.1) is 0 Å². The van der Waals surface area contributed by atoms with Crippen LogP contribution in [0.25, 0.3) is 0 Å². The molecule has 2 rings (SSSR count). The predicted octanol–water partition coefficient (Wildman–Crippen LogP) is 0.664. The second-order valence-electron chi connectivity index (χ2n) is 4.48. The van der Waals surface area contributed by atoms with E-state index in [-0.39, 0.29) is 11.7 Å². The van der Waals surface area contributed by atoms with Crippen LogP contribution >= 0.6 is 0 Å². The van der Waals surface area contributed by atoms with Crippen LogP contribution in [-0.4, -0.2) is 49.1 Å². The van der Waals surface area contributed by atoms with Gasteiger partial charge < -0.3 is 10.1 Å². The Balaban J connectivity index is 2.16. The average Bonchev–Trinajstić information content (AvgIpc) is 2.46. The molecule has 1 N–H and O–H groups in total. The number of carbonyl (C=O) groups excluding carboxylic acids is 2. The molecule has 1 aliphatic rings. The van der Waals surface area contributed by atoms with E-state index < -0.39 is 6.17 Å². The summed E-state index contributed by atoms with van der Waals surface area (Å²) in [6, 6.07) is 9.02. The predicted molar refractivity (Wildman–Crippen MR) is 70.8 cm³/mol. The largest absolute Gasteiger partial charge is 0.379 e. The summed E-state index contributed by atoms with van der Waals surface area (Å²) in [7, 11) is 0. The van der Waals surface area contributed by atoms with Crippen molar-refractivity contribution >= 4 is 11.7 Å². The number of nitrogens with zero attached hydrogens (tertiary/aromatic N) is 1. The maximum Gasteiger partial charge on any atom is 0.218 e. The molecule has 0 radical (unpaired) electrons. The molecular formula is C14H18N2O3. The van der Waals surface area contributed by atoms with Crippen LogP contribution in [0.4, 0.5) is 0 Å². The van der Waals surface area contributed by atoms with Gasteiger partial charge in [0.25, 0.3) is 0 Å². The van der Waals surface area contributed by atoms with Gasteiger partial charge in [-0.05, 0) is 0 Å². The summed E-state index contributed by atoms with van der Waals surface area (Å²) in [5.41, 5.74) is 0.604. The van der Waals surface area contributed by atoms with E-state index in [0.717, 1.165) is 0 Å². The van der Waals surface area contributed by atoms with Crippen molar-refractivity contribution in [1.29, 1.82) is 0 Å². The van der Waals surface area contributed by atoms with Crippen molar-refractivity contribution in [1.82, 2.24) is 10.2 Å². The summed E-state index contributed by atoms with van der Waals surface area (Å²) in [5, 5.41) is 2.73. The summed E-state index contributed by atoms with van der Waals surface area (Å²) in [6.07, 6.45) is -0.608. The maximum absolute atomic E-state index is 12.5. The first kappa shape index (κ1) is 13.7. The second kappa shape index (κ2) is 6.45. The molecule has 102 valence electrons. The van der Waals surface area contributed by atoms with Gasteiger partial charge in [0.15, 0.2) is 5.78 Å². The molecule has 1 aromatic rings. The highest BCUT2D eigenvalue weighted by atomic mass is 16.5. The summed E-state index contributed by atoms with van der Waals surface area (Å²) < 4.78 is 5.27. The third-order valence-electron chi connectivity index (χ3n) is 3.06. The minimum absolute atomic E-state index is 0.0855. The van der Waals surface area contributed by atoms with Gasteiger partial charge in [-0.25, -0.2) is 0 Å². The highest BCUT2D eigenvalue weighted by Crippen LogP contribution is 2.09. The Morgan fingerprint density at radius 2 is 1.84 bits per heavy atom. The average molecular weight is 262 g/mol. The van der Waals surface area contributed by atoms with Gasteiger partial charge in [-0.1, -0.05) is 30.3 Å². The molecule has 1 saturated heterocycles. The van der Waals surface area contributed by atoms with Gasteiger partial charge in [0.05, 0.1) is 13.2 Å². The summed E-state index contributed by atoms with van der Waals surface area (Å²) in [5.74, 6) is -0.293. The summed E-state index contributed by atoms with van der Waals surface area (Å²) >= 11 is 0. The van der Waals surface area contributed by atoms with Gasteiger partial charge in [0, 0.05) is 25.6 Å². The molecule has 0 aromatic heterocycles. The first-order valence-electron chi connectivity index (χ1n) is 6.36. The molecular weight excluding hydrogens is 244 g/mol. The number of benzene rings is 1. The molecule has 1 heterocycles. The van der Waals surface area contributed by atoms with Gasteiger partial charge in [-0.3, -0.25) is 14.5 Å². The number of nitrogens with one attached hydrogen (secondary N) is 1. The molecule has 0 spiro atoms. The molecule has 0 bridgehead atoms. The molecule has 5 nitrogen and oxygen atoms in total. The maximum atomic E-state index is 12.5. The Hall–Kier alpha value is -1.72. The Labute approximate surface area is 112 Å². The lowest BCUT2D eigenvalue weighted by Gasteiger charge is -2.33. The van der Waals surface area contributed by atoms with Crippen molar-refractivity contribution in [2.75, 3.05) is 26.3 Å². The summed E-state index contributed by atoms with van der Waals surface area (Å²) in [6.45, 7) is 3.87. The van der Waals surface area contributed by atoms with E-state index in [4.69, 9.17) is 4.74 Å². The van der Waals surface area contributed by atoms with Crippen molar-refractivity contribution in [2.24, 2.45) is 0 Å². The quantitative estimate of drug-likeness (QED) is 0.810. The zero-order chi connectivity index (χ0) is 13.7. The third-order valence-corrected chi connectivity index (χ3v) is 3.06. The summed E-state index contributed by atoms with van der Waals surface area (Å²) in [4.78, 5) is 25.7. The molecule has 0 unspecified atom stereocenters. The van der Waals surface area contributed by atoms with Crippen LogP contribution in [0.1, 0.15) is 17.3 Å². The number of carbonyl (C=O) groups is 2. The van der Waals surface area contributed by atoms with Crippen molar-refractivity contribution in [3.8, 4) is 0 Å². The van der Waals surface area contributed by atoms with Crippen LogP contribution in [0.3, 0.4) is 0 Å². The highest BCUT2D eigenvalue weighted by molar-refractivity contribution is 6.01. The Bertz CT molecular complexity index is 441. The number of hydrogen-bond donors (Lipinski definition) is 1. The molecule has 19 heavy (non-hydrogen) atoms. The van der Waals surface area contributed by atoms with Crippen LogP contribution in [0.2, 0.25) is 0 Å². The minimum Gasteiger partial charge on any atom is -0.379 e. The molecule has 1 aliphatic heterocycles. The standard InChI is InChI=1S/C14H18N2O3/c1-11(17)15-14(16-7-9-19-10-8-16)13(18)12-5-3-2-4-6-12/h2-6,14H,7-10H2,1H3,(H,15,17)/t14-/m0/s1. The van der Waals surface area contributed by atoms with Gasteiger partial charge in [-0.15, -0.1) is 0 Å². The number of hydrogen-bond acceptors (Lipinski definition) is 4. The number of morpholine rings is 1. The number of ether oxygens (including phenoxy) is 1. The van der Waals surface area contributed by atoms with Crippen LogP contribution in [0.15, 0.2) is 30.3 Å². The fourth-order valence-corrected chi connectivity index (χ4v) is 2.11. The first-order chi connectivity index (χ1) is 9.18. The SMILES string of the molecule is CC(=O)N[C@H](C(=O)c1ccccc1)N1CCOCC1. The zero-order valence-electron chi connectivity index (χ0n) is 11.0. The Morgan fingerprint density at radius 1 is 1.21 bits per heavy atom. The van der Waals surface area contributed by atoms with E-state index in [0.29, 0.717) is 31.9 Å². The number of Topliss-reactive ketones (excluding diaryl/α,β-unsaturated/α-hetero) is 1. The van der Waals surface area contributed by atoms with Gasteiger partial charge in [0.2, 0.25) is 5.91 Å². The lowest BCUT2D eigenvalue weighted by molar-refractivity contribution is -0.121. The minimum atomic E-state index is -0.608. The number of amides is 1. The van der Waals surface area contributed by atoms with E-state index in [1.54, 1.807) is 12.1 Å². The van der Waals surface area contributed by atoms with Crippen molar-refractivity contribution in [3.63, 3.8) is 0 Å². The lowest BCUT2D eigenvalue weighted by atomic mass is 10.1. The number of ketones is 1. The molecule has 1 aromatic carbocycles. The van der Waals surface area contributed by atoms with Gasteiger partial charge in [-0.2, -0.15) is 0 Å². The monoisotopic (exact) mass is 262 g/mol. The normalized spacial score (nSPS) is 17.7. The van der Waals surface area contributed by atoms with E-state index >= 15 is 0 Å². The molecule has 1 amide bonds. The third kappa shape index (κ3) is 3.62. The smallest absolute Gasteiger partial charge is 0.218 e.